The van der Waals surface area contributed by atoms with E-state index in [-0.39, 0.29) is 0 Å². The second-order valence-corrected chi connectivity index (χ2v) is 4.89. The van der Waals surface area contributed by atoms with E-state index in [1.165, 1.54) is 44.9 Å². The molecule has 0 amide bonds. The van der Waals surface area contributed by atoms with E-state index in [0.29, 0.717) is 6.04 Å². The summed E-state index contributed by atoms with van der Waals surface area (Å²) in [5.41, 5.74) is 6.29. The maximum atomic E-state index is 6.29. The van der Waals surface area contributed by atoms with Gasteiger partial charge in [0.15, 0.2) is 0 Å². The molecule has 0 aromatic carbocycles. The standard InChI is InChI=1S/C14H31N/c1-5-9-10-12(6-2)11-14(15)13(7-3)8-4/h12-14H,5-11,15H2,1-4H3. The normalized spacial score (nSPS) is 15.6. The summed E-state index contributed by atoms with van der Waals surface area (Å²) in [6.45, 7) is 9.11. The van der Waals surface area contributed by atoms with Crippen molar-refractivity contribution in [2.24, 2.45) is 17.6 Å². The van der Waals surface area contributed by atoms with Gasteiger partial charge < -0.3 is 5.73 Å². The number of unbranched alkanes of at least 4 members (excludes halogenated alkanes) is 1. The van der Waals surface area contributed by atoms with Crippen LogP contribution < -0.4 is 5.73 Å². The number of hydrogen-bond donors (Lipinski definition) is 1. The Morgan fingerprint density at radius 2 is 1.53 bits per heavy atom. The van der Waals surface area contributed by atoms with Crippen molar-refractivity contribution in [3.8, 4) is 0 Å². The fourth-order valence-electron chi connectivity index (χ4n) is 2.45. The van der Waals surface area contributed by atoms with Crippen LogP contribution in [0.3, 0.4) is 0 Å². The highest BCUT2D eigenvalue weighted by atomic mass is 14.6. The maximum absolute atomic E-state index is 6.29. The summed E-state index contributed by atoms with van der Waals surface area (Å²) in [5, 5.41) is 0. The predicted molar refractivity (Wildman–Crippen MR) is 70.0 cm³/mol. The second-order valence-electron chi connectivity index (χ2n) is 4.89. The molecule has 2 unspecified atom stereocenters. The third-order valence-electron chi connectivity index (χ3n) is 3.80. The minimum absolute atomic E-state index is 0.432. The fourth-order valence-corrected chi connectivity index (χ4v) is 2.45. The molecule has 0 aliphatic rings. The van der Waals surface area contributed by atoms with Crippen LogP contribution in [0.15, 0.2) is 0 Å². The van der Waals surface area contributed by atoms with E-state index in [2.05, 4.69) is 27.7 Å². The van der Waals surface area contributed by atoms with Gasteiger partial charge >= 0.3 is 0 Å². The summed E-state index contributed by atoms with van der Waals surface area (Å²) < 4.78 is 0. The van der Waals surface area contributed by atoms with Crippen molar-refractivity contribution in [1.29, 1.82) is 0 Å². The highest BCUT2D eigenvalue weighted by Crippen LogP contribution is 2.23. The molecular weight excluding hydrogens is 182 g/mol. The molecule has 0 aliphatic heterocycles. The zero-order valence-corrected chi connectivity index (χ0v) is 11.3. The van der Waals surface area contributed by atoms with Gasteiger partial charge in [0, 0.05) is 6.04 Å². The van der Waals surface area contributed by atoms with Gasteiger partial charge in [0.05, 0.1) is 0 Å². The Kier molecular flexibility index (Phi) is 9.18. The average molecular weight is 213 g/mol. The lowest BCUT2D eigenvalue weighted by Gasteiger charge is -2.25. The van der Waals surface area contributed by atoms with Crippen LogP contribution in [0.2, 0.25) is 0 Å². The van der Waals surface area contributed by atoms with Gasteiger partial charge in [0.25, 0.3) is 0 Å². The van der Waals surface area contributed by atoms with Crippen molar-refractivity contribution in [2.45, 2.75) is 78.7 Å². The van der Waals surface area contributed by atoms with E-state index >= 15 is 0 Å². The molecule has 0 bridgehead atoms. The van der Waals surface area contributed by atoms with Crippen molar-refractivity contribution in [2.75, 3.05) is 0 Å². The van der Waals surface area contributed by atoms with Crippen molar-refractivity contribution in [3.63, 3.8) is 0 Å². The Hall–Kier alpha value is -0.0400. The lowest BCUT2D eigenvalue weighted by atomic mass is 9.85. The van der Waals surface area contributed by atoms with E-state index in [9.17, 15) is 0 Å². The number of rotatable bonds is 9. The second kappa shape index (κ2) is 9.21. The molecule has 1 heteroatoms. The molecule has 0 rings (SSSR count). The highest BCUT2D eigenvalue weighted by Gasteiger charge is 2.17. The Morgan fingerprint density at radius 3 is 1.93 bits per heavy atom. The summed E-state index contributed by atoms with van der Waals surface area (Å²) in [5.74, 6) is 1.60. The molecule has 0 aromatic heterocycles. The molecule has 0 spiro atoms. The zero-order chi connectivity index (χ0) is 11.7. The van der Waals surface area contributed by atoms with E-state index in [1.54, 1.807) is 0 Å². The van der Waals surface area contributed by atoms with Crippen molar-refractivity contribution in [1.82, 2.24) is 0 Å². The minimum atomic E-state index is 0.432. The molecule has 0 heterocycles. The van der Waals surface area contributed by atoms with Crippen LogP contribution in [0, 0.1) is 11.8 Å². The van der Waals surface area contributed by atoms with Gasteiger partial charge in [0.1, 0.15) is 0 Å². The summed E-state index contributed by atoms with van der Waals surface area (Å²) in [4.78, 5) is 0. The molecule has 92 valence electrons. The van der Waals surface area contributed by atoms with Crippen LogP contribution in [0.1, 0.15) is 72.6 Å². The van der Waals surface area contributed by atoms with Crippen LogP contribution in [0.4, 0.5) is 0 Å². The number of nitrogens with two attached hydrogens (primary N) is 1. The molecule has 15 heavy (non-hydrogen) atoms. The SMILES string of the molecule is CCCCC(CC)CC(N)C(CC)CC. The summed E-state index contributed by atoms with van der Waals surface area (Å²) in [6.07, 6.45) is 9.08. The first kappa shape index (κ1) is 15.0. The smallest absolute Gasteiger partial charge is 0.00695 e. The van der Waals surface area contributed by atoms with Crippen molar-refractivity contribution >= 4 is 0 Å². The topological polar surface area (TPSA) is 26.0 Å². The van der Waals surface area contributed by atoms with Gasteiger partial charge in [-0.3, -0.25) is 0 Å². The summed E-state index contributed by atoms with van der Waals surface area (Å²) in [7, 11) is 0. The van der Waals surface area contributed by atoms with E-state index in [0.717, 1.165) is 11.8 Å². The molecule has 2 N–H and O–H groups in total. The first-order valence-electron chi connectivity index (χ1n) is 6.94. The van der Waals surface area contributed by atoms with Gasteiger partial charge in [-0.15, -0.1) is 0 Å². The monoisotopic (exact) mass is 213 g/mol. The van der Waals surface area contributed by atoms with Crippen LogP contribution in [0.5, 0.6) is 0 Å². The first-order chi connectivity index (χ1) is 7.19. The molecule has 0 aromatic rings. The van der Waals surface area contributed by atoms with Gasteiger partial charge in [-0.2, -0.15) is 0 Å². The lowest BCUT2D eigenvalue weighted by Crippen LogP contribution is -2.31. The van der Waals surface area contributed by atoms with Crippen LogP contribution in [0.25, 0.3) is 0 Å². The van der Waals surface area contributed by atoms with Crippen molar-refractivity contribution < 1.29 is 0 Å². The zero-order valence-electron chi connectivity index (χ0n) is 11.3. The third kappa shape index (κ3) is 6.19. The largest absolute Gasteiger partial charge is 0.327 e. The van der Waals surface area contributed by atoms with Crippen LogP contribution in [-0.4, -0.2) is 6.04 Å². The quantitative estimate of drug-likeness (QED) is 0.605. The Labute approximate surface area is 96.8 Å². The molecule has 2 atom stereocenters. The molecule has 0 radical (unpaired) electrons. The Bertz CT molecular complexity index is 129. The van der Waals surface area contributed by atoms with Crippen LogP contribution >= 0.6 is 0 Å². The predicted octanol–water partition coefficient (Wildman–Crippen LogP) is 4.36. The summed E-state index contributed by atoms with van der Waals surface area (Å²) in [6, 6.07) is 0.432. The van der Waals surface area contributed by atoms with Gasteiger partial charge in [-0.25, -0.2) is 0 Å². The molecule has 0 aliphatic carbocycles. The molecule has 1 nitrogen and oxygen atoms in total. The molecule has 0 saturated heterocycles. The highest BCUT2D eigenvalue weighted by molar-refractivity contribution is 4.74. The van der Waals surface area contributed by atoms with Gasteiger partial charge in [0.2, 0.25) is 0 Å². The van der Waals surface area contributed by atoms with Crippen molar-refractivity contribution in [3.05, 3.63) is 0 Å². The van der Waals surface area contributed by atoms with E-state index in [1.807, 2.05) is 0 Å². The van der Waals surface area contributed by atoms with Gasteiger partial charge in [-0.05, 0) is 18.3 Å². The first-order valence-corrected chi connectivity index (χ1v) is 6.94. The van der Waals surface area contributed by atoms with Gasteiger partial charge in [-0.1, -0.05) is 66.2 Å². The number of hydrogen-bond acceptors (Lipinski definition) is 1. The average Bonchev–Trinajstić information content (AvgIpc) is 2.25. The minimum Gasteiger partial charge on any atom is -0.327 e. The molecular formula is C14H31N. The third-order valence-corrected chi connectivity index (χ3v) is 3.80. The maximum Gasteiger partial charge on any atom is 0.00695 e. The Balaban J connectivity index is 3.92. The van der Waals surface area contributed by atoms with E-state index in [4.69, 9.17) is 5.73 Å². The molecule has 0 saturated carbocycles. The lowest BCUT2D eigenvalue weighted by molar-refractivity contribution is 0.306. The Morgan fingerprint density at radius 1 is 0.933 bits per heavy atom. The van der Waals surface area contributed by atoms with E-state index < -0.39 is 0 Å². The van der Waals surface area contributed by atoms with Crippen LogP contribution in [-0.2, 0) is 0 Å². The summed E-state index contributed by atoms with van der Waals surface area (Å²) >= 11 is 0. The fraction of sp³-hybridized carbons (Fsp3) is 1.00. The molecule has 0 fully saturated rings.